The van der Waals surface area contributed by atoms with Gasteiger partial charge < -0.3 is 10.2 Å². The largest absolute Gasteiger partial charge is 0.333 e. The molecule has 27 heavy (non-hydrogen) atoms. The molecule has 1 heterocycles. The summed E-state index contributed by atoms with van der Waals surface area (Å²) in [5, 5.41) is 5.50. The minimum atomic E-state index is -0.464. The van der Waals surface area contributed by atoms with Gasteiger partial charge in [0.2, 0.25) is 5.91 Å². The molecule has 0 atom stereocenters. The van der Waals surface area contributed by atoms with Gasteiger partial charge in [-0.2, -0.15) is 0 Å². The van der Waals surface area contributed by atoms with Crippen LogP contribution in [0, 0.1) is 5.82 Å². The van der Waals surface area contributed by atoms with Crippen LogP contribution < -0.4 is 10.6 Å². The second-order valence-corrected chi connectivity index (χ2v) is 8.26. The highest BCUT2D eigenvalue weighted by Crippen LogP contribution is 2.19. The first-order valence-corrected chi connectivity index (χ1v) is 9.51. The molecule has 150 valence electrons. The van der Waals surface area contributed by atoms with Crippen LogP contribution in [0.2, 0.25) is 5.02 Å². The van der Waals surface area contributed by atoms with Crippen LogP contribution >= 0.6 is 11.6 Å². The Labute approximate surface area is 165 Å². The second-order valence-electron chi connectivity index (χ2n) is 7.86. The molecule has 0 unspecified atom stereocenters. The highest BCUT2D eigenvalue weighted by atomic mass is 35.5. The number of nitrogens with one attached hydrogen (secondary N) is 2. The molecule has 0 spiro atoms. The Morgan fingerprint density at radius 3 is 2.37 bits per heavy atom. The van der Waals surface area contributed by atoms with E-state index in [1.807, 2.05) is 20.8 Å². The zero-order valence-corrected chi connectivity index (χ0v) is 16.9. The third-order valence-electron chi connectivity index (χ3n) is 4.27. The highest BCUT2D eigenvalue weighted by molar-refractivity contribution is 6.31. The van der Waals surface area contributed by atoms with Crippen molar-refractivity contribution in [2.45, 2.75) is 39.3 Å². The summed E-state index contributed by atoms with van der Waals surface area (Å²) in [5.41, 5.74) is 0.532. The molecule has 1 aromatic carbocycles. The second kappa shape index (κ2) is 9.48. The summed E-state index contributed by atoms with van der Waals surface area (Å²) in [4.78, 5) is 28.0. The highest BCUT2D eigenvalue weighted by Gasteiger charge is 2.20. The average Bonchev–Trinajstić information content (AvgIpc) is 2.55. The predicted molar refractivity (Wildman–Crippen MR) is 104 cm³/mol. The maximum Gasteiger partial charge on any atom is 0.321 e. The summed E-state index contributed by atoms with van der Waals surface area (Å²) in [6.45, 7) is 10.2. The lowest BCUT2D eigenvalue weighted by atomic mass is 10.1. The van der Waals surface area contributed by atoms with Gasteiger partial charge in [-0.05, 0) is 38.5 Å². The number of rotatable bonds is 5. The van der Waals surface area contributed by atoms with E-state index in [2.05, 4.69) is 20.4 Å². The maximum absolute atomic E-state index is 13.1. The van der Waals surface area contributed by atoms with Crippen LogP contribution in [0.3, 0.4) is 0 Å². The molecule has 1 saturated heterocycles. The summed E-state index contributed by atoms with van der Waals surface area (Å²) >= 11 is 6.09. The predicted octanol–water partition coefficient (Wildman–Crippen LogP) is 2.61. The fourth-order valence-corrected chi connectivity index (χ4v) is 3.11. The van der Waals surface area contributed by atoms with Gasteiger partial charge in [0.05, 0.1) is 0 Å². The van der Waals surface area contributed by atoms with Crippen LogP contribution in [0.1, 0.15) is 32.8 Å². The molecule has 1 fully saturated rings. The number of amides is 3. The van der Waals surface area contributed by atoms with Crippen LogP contribution in [0.15, 0.2) is 18.2 Å². The van der Waals surface area contributed by atoms with Crippen molar-refractivity contribution in [3.8, 4) is 0 Å². The Balaban J connectivity index is 1.68. The molecule has 0 saturated carbocycles. The van der Waals surface area contributed by atoms with Crippen LogP contribution in [-0.2, 0) is 11.3 Å². The minimum Gasteiger partial charge on any atom is -0.333 e. The zero-order chi connectivity index (χ0) is 20.0. The Kier molecular flexibility index (Phi) is 7.59. The quantitative estimate of drug-likeness (QED) is 0.800. The summed E-state index contributed by atoms with van der Waals surface area (Å²) < 4.78 is 13.1. The van der Waals surface area contributed by atoms with Crippen molar-refractivity contribution in [3.63, 3.8) is 0 Å². The Morgan fingerprint density at radius 2 is 1.78 bits per heavy atom. The molecule has 2 N–H and O–H groups in total. The normalized spacial score (nSPS) is 16.2. The number of hydrogen-bond donors (Lipinski definition) is 2. The van der Waals surface area contributed by atoms with E-state index in [0.717, 1.165) is 31.7 Å². The molecule has 1 aliphatic rings. The molecule has 6 nitrogen and oxygen atoms in total. The van der Waals surface area contributed by atoms with Gasteiger partial charge in [0, 0.05) is 56.3 Å². The molecular weight excluding hydrogens is 371 g/mol. The van der Waals surface area contributed by atoms with Crippen LogP contribution in [0.5, 0.6) is 0 Å². The lowest BCUT2D eigenvalue weighted by molar-refractivity contribution is -0.120. The number of hydrogen-bond acceptors (Lipinski definition) is 4. The number of benzene rings is 1. The van der Waals surface area contributed by atoms with Crippen molar-refractivity contribution in [2.75, 3.05) is 32.7 Å². The standard InChI is InChI=1S/C19H28ClFN4O2/c1-19(2,3)23-18(27)22-17(26)6-7-24-8-10-25(11-9-24)13-14-4-5-15(21)12-16(14)20/h4-5,12H,6-11,13H2,1-3H3,(H2,22,23,26,27). The molecule has 0 aromatic heterocycles. The van der Waals surface area contributed by atoms with Gasteiger partial charge in [0.1, 0.15) is 5.82 Å². The Bertz CT molecular complexity index is 670. The topological polar surface area (TPSA) is 64.7 Å². The van der Waals surface area contributed by atoms with Gasteiger partial charge >= 0.3 is 6.03 Å². The van der Waals surface area contributed by atoms with E-state index in [0.29, 0.717) is 18.1 Å². The third-order valence-corrected chi connectivity index (χ3v) is 4.62. The molecular formula is C19H28ClFN4O2. The van der Waals surface area contributed by atoms with Gasteiger partial charge in [-0.15, -0.1) is 0 Å². The summed E-state index contributed by atoms with van der Waals surface area (Å²) in [6.07, 6.45) is 0.279. The Morgan fingerprint density at radius 1 is 1.15 bits per heavy atom. The molecule has 0 radical (unpaired) electrons. The lowest BCUT2D eigenvalue weighted by Gasteiger charge is -2.34. The number of piperazine rings is 1. The fourth-order valence-electron chi connectivity index (χ4n) is 2.88. The van der Waals surface area contributed by atoms with Crippen LogP contribution in [0.25, 0.3) is 0 Å². The number of carbonyl (C=O) groups is 2. The summed E-state index contributed by atoms with van der Waals surface area (Å²) in [5.74, 6) is -0.611. The summed E-state index contributed by atoms with van der Waals surface area (Å²) in [6, 6.07) is 4.01. The monoisotopic (exact) mass is 398 g/mol. The molecule has 1 aliphatic heterocycles. The average molecular weight is 399 g/mol. The molecule has 0 aliphatic carbocycles. The van der Waals surface area contributed by atoms with Crippen molar-refractivity contribution >= 4 is 23.5 Å². The molecule has 1 aromatic rings. The van der Waals surface area contributed by atoms with Crippen molar-refractivity contribution in [2.24, 2.45) is 0 Å². The number of halogens is 2. The Hall–Kier alpha value is -1.70. The van der Waals surface area contributed by atoms with E-state index < -0.39 is 6.03 Å². The van der Waals surface area contributed by atoms with Crippen LogP contribution in [-0.4, -0.2) is 60.0 Å². The van der Waals surface area contributed by atoms with Crippen molar-refractivity contribution in [1.82, 2.24) is 20.4 Å². The first-order chi connectivity index (χ1) is 12.6. The lowest BCUT2D eigenvalue weighted by Crippen LogP contribution is -2.49. The fraction of sp³-hybridized carbons (Fsp3) is 0.579. The van der Waals surface area contributed by atoms with Crippen molar-refractivity contribution in [1.29, 1.82) is 0 Å². The zero-order valence-electron chi connectivity index (χ0n) is 16.1. The van der Waals surface area contributed by atoms with Gasteiger partial charge in [0.25, 0.3) is 0 Å². The maximum atomic E-state index is 13.1. The van der Waals surface area contributed by atoms with E-state index >= 15 is 0 Å². The number of imide groups is 1. The van der Waals surface area contributed by atoms with Crippen molar-refractivity contribution in [3.05, 3.63) is 34.6 Å². The molecule has 0 bridgehead atoms. The van der Waals surface area contributed by atoms with E-state index in [9.17, 15) is 14.0 Å². The first-order valence-electron chi connectivity index (χ1n) is 9.13. The van der Waals surface area contributed by atoms with E-state index in [1.165, 1.54) is 12.1 Å². The van der Waals surface area contributed by atoms with Gasteiger partial charge in [0.15, 0.2) is 0 Å². The number of carbonyl (C=O) groups excluding carboxylic acids is 2. The molecule has 3 amide bonds. The van der Waals surface area contributed by atoms with E-state index in [4.69, 9.17) is 11.6 Å². The van der Waals surface area contributed by atoms with Crippen molar-refractivity contribution < 1.29 is 14.0 Å². The smallest absolute Gasteiger partial charge is 0.321 e. The molecule has 8 heteroatoms. The SMILES string of the molecule is CC(C)(C)NC(=O)NC(=O)CCN1CCN(Cc2ccc(F)cc2Cl)CC1. The van der Waals surface area contributed by atoms with Crippen LogP contribution in [0.4, 0.5) is 9.18 Å². The van der Waals surface area contributed by atoms with E-state index in [-0.39, 0.29) is 23.7 Å². The minimum absolute atomic E-state index is 0.279. The number of urea groups is 1. The number of nitrogens with zero attached hydrogens (tertiary/aromatic N) is 2. The summed E-state index contributed by atoms with van der Waals surface area (Å²) in [7, 11) is 0. The third kappa shape index (κ3) is 7.82. The first kappa shape index (κ1) is 21.6. The van der Waals surface area contributed by atoms with Gasteiger partial charge in [-0.25, -0.2) is 9.18 Å². The van der Waals surface area contributed by atoms with E-state index in [1.54, 1.807) is 6.07 Å². The van der Waals surface area contributed by atoms with Gasteiger partial charge in [-0.3, -0.25) is 15.0 Å². The molecule has 2 rings (SSSR count). The van der Waals surface area contributed by atoms with Gasteiger partial charge in [-0.1, -0.05) is 17.7 Å².